The summed E-state index contributed by atoms with van der Waals surface area (Å²) in [5.74, 6) is 1.65. The molecule has 132 valence electrons. The molecule has 4 heteroatoms. The maximum Gasteiger partial charge on any atom is 0.146 e. The lowest BCUT2D eigenvalue weighted by Gasteiger charge is -2.09. The predicted octanol–water partition coefficient (Wildman–Crippen LogP) is 5.90. The Morgan fingerprint density at radius 3 is 2.41 bits per heavy atom. The van der Waals surface area contributed by atoms with Crippen LogP contribution in [0, 0.1) is 13.8 Å². The Bertz CT molecular complexity index is 1210. The largest absolute Gasteiger partial charge is 0.455 e. The van der Waals surface area contributed by atoms with Gasteiger partial charge in [0.2, 0.25) is 0 Å². The predicted molar refractivity (Wildman–Crippen MR) is 108 cm³/mol. The van der Waals surface area contributed by atoms with E-state index >= 15 is 0 Å². The number of nitrogens with one attached hydrogen (secondary N) is 1. The number of rotatable bonds is 3. The Morgan fingerprint density at radius 2 is 1.70 bits per heavy atom. The van der Waals surface area contributed by atoms with Gasteiger partial charge in [-0.05, 0) is 38.1 Å². The van der Waals surface area contributed by atoms with Gasteiger partial charge in [-0.1, -0.05) is 30.3 Å². The van der Waals surface area contributed by atoms with E-state index in [0.717, 1.165) is 39.4 Å². The molecule has 5 rings (SSSR count). The second kappa shape index (κ2) is 6.02. The Labute approximate surface area is 157 Å². The third kappa shape index (κ3) is 2.49. The monoisotopic (exact) mass is 353 g/mol. The van der Waals surface area contributed by atoms with Gasteiger partial charge >= 0.3 is 0 Å². The smallest absolute Gasteiger partial charge is 0.146 e. The van der Waals surface area contributed by atoms with Gasteiger partial charge in [-0.2, -0.15) is 0 Å². The molecule has 3 aromatic heterocycles. The normalized spacial score (nSPS) is 11.3. The Kier molecular flexibility index (Phi) is 3.50. The zero-order valence-corrected chi connectivity index (χ0v) is 15.2. The zero-order valence-electron chi connectivity index (χ0n) is 15.2. The summed E-state index contributed by atoms with van der Waals surface area (Å²) < 4.78 is 8.59. The van der Waals surface area contributed by atoms with Crippen LogP contribution in [0.4, 0.5) is 0 Å². The molecule has 0 atom stereocenters. The summed E-state index contributed by atoms with van der Waals surface area (Å²) in [5, 5.41) is 1.05. The molecule has 0 aliphatic heterocycles. The fraction of sp³-hybridized carbons (Fsp3) is 0.0870. The van der Waals surface area contributed by atoms with Gasteiger partial charge in [0.1, 0.15) is 17.2 Å². The number of aromatic amines is 1. The van der Waals surface area contributed by atoms with Gasteiger partial charge < -0.3 is 14.0 Å². The van der Waals surface area contributed by atoms with Crippen molar-refractivity contribution < 1.29 is 4.42 Å². The highest BCUT2D eigenvalue weighted by molar-refractivity contribution is 6.00. The minimum atomic E-state index is 0.814. The molecule has 0 saturated heterocycles. The number of H-pyrrole nitrogens is 1. The number of imidazole rings is 1. The summed E-state index contributed by atoms with van der Waals surface area (Å²) in [5.41, 5.74) is 6.39. The summed E-state index contributed by atoms with van der Waals surface area (Å²) in [6, 6.07) is 20.8. The topological polar surface area (TPSA) is 46.8 Å². The number of benzene rings is 2. The quantitative estimate of drug-likeness (QED) is 0.439. The summed E-state index contributed by atoms with van der Waals surface area (Å²) in [4.78, 5) is 7.70. The number of nitrogens with zero attached hydrogens (tertiary/aromatic N) is 2. The van der Waals surface area contributed by atoms with Crippen molar-refractivity contribution in [2.24, 2.45) is 0 Å². The lowest BCUT2D eigenvalue weighted by atomic mass is 10.0. The third-order valence-corrected chi connectivity index (χ3v) is 4.97. The van der Waals surface area contributed by atoms with E-state index in [1.165, 1.54) is 11.4 Å². The van der Waals surface area contributed by atoms with Crippen LogP contribution in [0.3, 0.4) is 0 Å². The van der Waals surface area contributed by atoms with Crippen LogP contribution in [-0.2, 0) is 0 Å². The van der Waals surface area contributed by atoms with E-state index in [2.05, 4.69) is 70.8 Å². The van der Waals surface area contributed by atoms with E-state index in [0.29, 0.717) is 0 Å². The molecular weight excluding hydrogens is 334 g/mol. The second-order valence-corrected chi connectivity index (χ2v) is 6.74. The first kappa shape index (κ1) is 15.7. The molecule has 27 heavy (non-hydrogen) atoms. The average Bonchev–Trinajstić information content (AvgIpc) is 3.40. The molecule has 0 aliphatic carbocycles. The van der Waals surface area contributed by atoms with Crippen LogP contribution in [0.15, 0.2) is 77.5 Å². The van der Waals surface area contributed by atoms with Gasteiger partial charge in [0.15, 0.2) is 0 Å². The van der Waals surface area contributed by atoms with Gasteiger partial charge in [0.05, 0.1) is 5.56 Å². The van der Waals surface area contributed by atoms with E-state index < -0.39 is 0 Å². The number of fused-ring (bicyclic) bond motifs is 1. The third-order valence-electron chi connectivity index (χ3n) is 4.97. The highest BCUT2D eigenvalue weighted by Crippen LogP contribution is 2.40. The van der Waals surface area contributed by atoms with Crippen LogP contribution in [-0.4, -0.2) is 14.5 Å². The molecule has 0 radical (unpaired) electrons. The minimum absolute atomic E-state index is 0.814. The second-order valence-electron chi connectivity index (χ2n) is 6.74. The van der Waals surface area contributed by atoms with Crippen LogP contribution < -0.4 is 0 Å². The minimum Gasteiger partial charge on any atom is -0.455 e. The van der Waals surface area contributed by atoms with Crippen molar-refractivity contribution in [3.05, 3.63) is 84.4 Å². The van der Waals surface area contributed by atoms with Crippen LogP contribution in [0.1, 0.15) is 11.4 Å². The molecule has 1 N–H and O–H groups in total. The molecule has 2 aromatic carbocycles. The van der Waals surface area contributed by atoms with Crippen molar-refractivity contribution in [1.29, 1.82) is 0 Å². The number of hydrogen-bond acceptors (Lipinski definition) is 2. The molecule has 4 nitrogen and oxygen atoms in total. The van der Waals surface area contributed by atoms with Gasteiger partial charge in [0, 0.05) is 46.5 Å². The molecule has 0 bridgehead atoms. The first-order valence-electron chi connectivity index (χ1n) is 8.99. The average molecular weight is 353 g/mol. The van der Waals surface area contributed by atoms with Crippen molar-refractivity contribution in [1.82, 2.24) is 14.5 Å². The molecule has 0 spiro atoms. The summed E-state index contributed by atoms with van der Waals surface area (Å²) in [7, 11) is 0. The fourth-order valence-corrected chi connectivity index (χ4v) is 3.73. The molecule has 0 aliphatic rings. The summed E-state index contributed by atoms with van der Waals surface area (Å²) in [6.45, 7) is 4.23. The summed E-state index contributed by atoms with van der Waals surface area (Å²) in [6.07, 6.45) is 3.60. The van der Waals surface area contributed by atoms with Crippen molar-refractivity contribution in [2.45, 2.75) is 13.8 Å². The molecule has 0 saturated carbocycles. The van der Waals surface area contributed by atoms with Crippen molar-refractivity contribution in [3.63, 3.8) is 0 Å². The first-order chi connectivity index (χ1) is 13.2. The maximum absolute atomic E-state index is 6.35. The van der Waals surface area contributed by atoms with Crippen LogP contribution >= 0.6 is 0 Å². The first-order valence-corrected chi connectivity index (χ1v) is 8.99. The van der Waals surface area contributed by atoms with E-state index in [4.69, 9.17) is 4.42 Å². The standard InChI is InChI=1S/C23H19N3O/c1-15-8-9-16(2)26(15)18-10-11-19-20(14-18)27-22(17-6-4-3-5-7-17)21(19)23-24-12-13-25-23/h3-14H,1-2H3,(H,24,25). The summed E-state index contributed by atoms with van der Waals surface area (Å²) >= 11 is 0. The number of aromatic nitrogens is 3. The maximum atomic E-state index is 6.35. The van der Waals surface area contributed by atoms with Crippen LogP contribution in [0.2, 0.25) is 0 Å². The van der Waals surface area contributed by atoms with Gasteiger partial charge in [0.25, 0.3) is 0 Å². The SMILES string of the molecule is Cc1ccc(C)n1-c1ccc2c(-c3ncc[nH]3)c(-c3ccccc3)oc2c1. The number of hydrogen-bond donors (Lipinski definition) is 1. The molecular formula is C23H19N3O. The van der Waals surface area contributed by atoms with Crippen molar-refractivity contribution in [2.75, 3.05) is 0 Å². The van der Waals surface area contributed by atoms with Gasteiger partial charge in [-0.15, -0.1) is 0 Å². The van der Waals surface area contributed by atoms with E-state index in [1.807, 2.05) is 24.4 Å². The number of furan rings is 1. The van der Waals surface area contributed by atoms with Crippen LogP contribution in [0.25, 0.3) is 39.4 Å². The van der Waals surface area contributed by atoms with Crippen molar-refractivity contribution >= 4 is 11.0 Å². The zero-order chi connectivity index (χ0) is 18.4. The molecule has 5 aromatic rings. The lowest BCUT2D eigenvalue weighted by Crippen LogP contribution is -1.98. The number of aryl methyl sites for hydroxylation is 2. The Hall–Kier alpha value is -3.53. The highest BCUT2D eigenvalue weighted by atomic mass is 16.3. The Morgan fingerprint density at radius 1 is 0.926 bits per heavy atom. The molecule has 0 fully saturated rings. The van der Waals surface area contributed by atoms with Gasteiger partial charge in [-0.3, -0.25) is 0 Å². The fourth-order valence-electron chi connectivity index (χ4n) is 3.73. The van der Waals surface area contributed by atoms with E-state index in [1.54, 1.807) is 6.20 Å². The Balaban J connectivity index is 1.78. The molecule has 3 heterocycles. The van der Waals surface area contributed by atoms with Crippen LogP contribution in [0.5, 0.6) is 0 Å². The van der Waals surface area contributed by atoms with E-state index in [-0.39, 0.29) is 0 Å². The molecule has 0 unspecified atom stereocenters. The molecule has 0 amide bonds. The van der Waals surface area contributed by atoms with E-state index in [9.17, 15) is 0 Å². The highest BCUT2D eigenvalue weighted by Gasteiger charge is 2.20. The lowest BCUT2D eigenvalue weighted by molar-refractivity contribution is 0.632. The van der Waals surface area contributed by atoms with Crippen molar-refractivity contribution in [3.8, 4) is 28.4 Å². The van der Waals surface area contributed by atoms with Gasteiger partial charge in [-0.25, -0.2) is 4.98 Å².